The summed E-state index contributed by atoms with van der Waals surface area (Å²) in [5.41, 5.74) is 1.29. The SMILES string of the molecule is CN=C(NC)SCc1cccc(Br)c1. The number of thioether (sulfide) groups is 1. The molecule has 0 unspecified atom stereocenters. The topological polar surface area (TPSA) is 24.4 Å². The second kappa shape index (κ2) is 6.09. The number of benzene rings is 1. The fourth-order valence-electron chi connectivity index (χ4n) is 1.03. The lowest BCUT2D eigenvalue weighted by molar-refractivity contribution is 1.18. The van der Waals surface area contributed by atoms with E-state index in [1.54, 1.807) is 18.8 Å². The molecular weight excluding hydrogens is 260 g/mol. The van der Waals surface area contributed by atoms with Crippen molar-refractivity contribution in [3.8, 4) is 0 Å². The van der Waals surface area contributed by atoms with Gasteiger partial charge in [-0.15, -0.1) is 0 Å². The monoisotopic (exact) mass is 272 g/mol. The molecule has 0 aliphatic rings. The average Bonchev–Trinajstić information content (AvgIpc) is 2.19. The molecular formula is C10H13BrN2S. The highest BCUT2D eigenvalue weighted by atomic mass is 79.9. The summed E-state index contributed by atoms with van der Waals surface area (Å²) in [6.45, 7) is 0. The van der Waals surface area contributed by atoms with Gasteiger partial charge in [-0.25, -0.2) is 0 Å². The van der Waals surface area contributed by atoms with Crippen LogP contribution in [0.25, 0.3) is 0 Å². The standard InChI is InChI=1S/C10H13BrN2S/c1-12-10(13-2)14-7-8-4-3-5-9(11)6-8/h3-6H,7H2,1-2H3,(H,12,13). The van der Waals surface area contributed by atoms with Crippen LogP contribution in [-0.4, -0.2) is 19.3 Å². The van der Waals surface area contributed by atoms with Crippen LogP contribution in [0.3, 0.4) is 0 Å². The van der Waals surface area contributed by atoms with Gasteiger partial charge in [0.05, 0.1) is 0 Å². The number of halogens is 1. The average molecular weight is 273 g/mol. The second-order valence-electron chi connectivity index (χ2n) is 2.70. The van der Waals surface area contributed by atoms with Crippen LogP contribution in [0.4, 0.5) is 0 Å². The van der Waals surface area contributed by atoms with Crippen molar-refractivity contribution >= 4 is 32.9 Å². The molecule has 0 aliphatic carbocycles. The molecule has 14 heavy (non-hydrogen) atoms. The molecule has 76 valence electrons. The van der Waals surface area contributed by atoms with Crippen LogP contribution in [0.2, 0.25) is 0 Å². The van der Waals surface area contributed by atoms with E-state index in [-0.39, 0.29) is 0 Å². The molecule has 1 aromatic carbocycles. The van der Waals surface area contributed by atoms with Gasteiger partial charge in [-0.3, -0.25) is 4.99 Å². The summed E-state index contributed by atoms with van der Waals surface area (Å²) >= 11 is 5.15. The molecule has 0 aliphatic heterocycles. The Hall–Kier alpha value is -0.480. The zero-order chi connectivity index (χ0) is 10.4. The summed E-state index contributed by atoms with van der Waals surface area (Å²) in [6, 6.07) is 8.31. The number of hydrogen-bond donors (Lipinski definition) is 1. The van der Waals surface area contributed by atoms with Crippen molar-refractivity contribution in [3.63, 3.8) is 0 Å². The van der Waals surface area contributed by atoms with Crippen LogP contribution in [0.5, 0.6) is 0 Å². The molecule has 0 saturated carbocycles. The van der Waals surface area contributed by atoms with Crippen molar-refractivity contribution in [2.24, 2.45) is 4.99 Å². The summed E-state index contributed by atoms with van der Waals surface area (Å²) in [4.78, 5) is 4.10. The highest BCUT2D eigenvalue weighted by Gasteiger charge is 1.98. The fourth-order valence-corrected chi connectivity index (χ4v) is 2.23. The molecule has 1 N–H and O–H groups in total. The molecule has 0 aromatic heterocycles. The van der Waals surface area contributed by atoms with Crippen molar-refractivity contribution in [3.05, 3.63) is 34.3 Å². The van der Waals surface area contributed by atoms with Crippen LogP contribution < -0.4 is 5.32 Å². The van der Waals surface area contributed by atoms with Gasteiger partial charge in [-0.1, -0.05) is 39.8 Å². The molecule has 0 bridgehead atoms. The molecule has 0 saturated heterocycles. The maximum absolute atomic E-state index is 4.10. The first-order chi connectivity index (χ1) is 6.76. The minimum absolute atomic E-state index is 0.937. The Morgan fingerprint density at radius 3 is 2.93 bits per heavy atom. The van der Waals surface area contributed by atoms with Gasteiger partial charge in [-0.05, 0) is 17.7 Å². The molecule has 0 heterocycles. The number of amidine groups is 1. The number of nitrogens with one attached hydrogen (secondary N) is 1. The number of nitrogens with zero attached hydrogens (tertiary/aromatic N) is 1. The first-order valence-corrected chi connectivity index (χ1v) is 6.06. The summed E-state index contributed by atoms with van der Waals surface area (Å²) in [6.07, 6.45) is 0. The smallest absolute Gasteiger partial charge is 0.156 e. The summed E-state index contributed by atoms with van der Waals surface area (Å²) in [5.74, 6) is 0.937. The van der Waals surface area contributed by atoms with Crippen LogP contribution in [-0.2, 0) is 5.75 Å². The van der Waals surface area contributed by atoms with Gasteiger partial charge in [0.15, 0.2) is 5.17 Å². The van der Waals surface area contributed by atoms with Crippen molar-refractivity contribution in [1.29, 1.82) is 0 Å². The van der Waals surface area contributed by atoms with Crippen molar-refractivity contribution < 1.29 is 0 Å². The molecule has 1 rings (SSSR count). The predicted molar refractivity (Wildman–Crippen MR) is 67.9 cm³/mol. The zero-order valence-corrected chi connectivity index (χ0v) is 10.7. The van der Waals surface area contributed by atoms with Gasteiger partial charge in [0.25, 0.3) is 0 Å². The maximum Gasteiger partial charge on any atom is 0.156 e. The van der Waals surface area contributed by atoms with Crippen molar-refractivity contribution in [2.75, 3.05) is 14.1 Å². The Morgan fingerprint density at radius 2 is 2.36 bits per heavy atom. The molecule has 0 atom stereocenters. The van der Waals surface area contributed by atoms with E-state index in [2.05, 4.69) is 38.4 Å². The van der Waals surface area contributed by atoms with E-state index >= 15 is 0 Å². The van der Waals surface area contributed by atoms with Crippen molar-refractivity contribution in [1.82, 2.24) is 5.32 Å². The van der Waals surface area contributed by atoms with Crippen LogP contribution in [0, 0.1) is 0 Å². The molecule has 2 nitrogen and oxygen atoms in total. The van der Waals surface area contributed by atoms with E-state index in [0.29, 0.717) is 0 Å². The van der Waals surface area contributed by atoms with Gasteiger partial charge in [0.1, 0.15) is 0 Å². The Bertz CT molecular complexity index is 326. The third-order valence-corrected chi connectivity index (χ3v) is 3.31. The third kappa shape index (κ3) is 3.72. The van der Waals surface area contributed by atoms with Gasteiger partial charge < -0.3 is 5.32 Å². The number of hydrogen-bond acceptors (Lipinski definition) is 2. The molecule has 0 fully saturated rings. The van der Waals surface area contributed by atoms with E-state index in [9.17, 15) is 0 Å². The predicted octanol–water partition coefficient (Wildman–Crippen LogP) is 2.89. The fraction of sp³-hybridized carbons (Fsp3) is 0.300. The largest absolute Gasteiger partial charge is 0.368 e. The molecule has 1 aromatic rings. The highest BCUT2D eigenvalue weighted by molar-refractivity contribution is 9.10. The van der Waals surface area contributed by atoms with E-state index < -0.39 is 0 Å². The molecule has 0 amide bonds. The lowest BCUT2D eigenvalue weighted by atomic mass is 10.2. The maximum atomic E-state index is 4.10. The minimum Gasteiger partial charge on any atom is -0.368 e. The van der Waals surface area contributed by atoms with E-state index in [1.165, 1.54) is 5.56 Å². The Kier molecular flexibility index (Phi) is 5.04. The summed E-state index contributed by atoms with van der Waals surface area (Å²) in [5, 5.41) is 4.00. The Balaban J connectivity index is 2.53. The lowest BCUT2D eigenvalue weighted by Gasteiger charge is -2.04. The quantitative estimate of drug-likeness (QED) is 0.662. The first kappa shape index (κ1) is 11.6. The van der Waals surface area contributed by atoms with Crippen molar-refractivity contribution in [2.45, 2.75) is 5.75 Å². The molecule has 4 heteroatoms. The minimum atomic E-state index is 0.937. The Morgan fingerprint density at radius 1 is 1.57 bits per heavy atom. The number of rotatable bonds is 2. The van der Waals surface area contributed by atoms with Gasteiger partial charge >= 0.3 is 0 Å². The lowest BCUT2D eigenvalue weighted by Crippen LogP contribution is -2.13. The molecule has 0 spiro atoms. The van der Waals surface area contributed by atoms with E-state index in [0.717, 1.165) is 15.4 Å². The normalized spacial score (nSPS) is 11.5. The Labute approximate surface area is 97.3 Å². The number of aliphatic imine (C=N–C) groups is 1. The van der Waals surface area contributed by atoms with E-state index in [1.807, 2.05) is 19.2 Å². The van der Waals surface area contributed by atoms with E-state index in [4.69, 9.17) is 0 Å². The first-order valence-electron chi connectivity index (χ1n) is 4.28. The van der Waals surface area contributed by atoms with Crippen LogP contribution in [0.15, 0.2) is 33.7 Å². The van der Waals surface area contributed by atoms with Gasteiger partial charge in [-0.2, -0.15) is 0 Å². The van der Waals surface area contributed by atoms with Gasteiger partial charge in [0.2, 0.25) is 0 Å². The third-order valence-electron chi connectivity index (χ3n) is 1.68. The summed E-state index contributed by atoms with van der Waals surface area (Å²) in [7, 11) is 3.68. The highest BCUT2D eigenvalue weighted by Crippen LogP contribution is 2.17. The zero-order valence-electron chi connectivity index (χ0n) is 8.25. The second-order valence-corrected chi connectivity index (χ2v) is 4.58. The molecule has 0 radical (unpaired) electrons. The van der Waals surface area contributed by atoms with Gasteiger partial charge in [0, 0.05) is 24.3 Å². The van der Waals surface area contributed by atoms with Crippen LogP contribution >= 0.6 is 27.7 Å². The van der Waals surface area contributed by atoms with Crippen LogP contribution in [0.1, 0.15) is 5.56 Å². The summed E-state index contributed by atoms with van der Waals surface area (Å²) < 4.78 is 1.12.